The van der Waals surface area contributed by atoms with Crippen LogP contribution < -0.4 is 10.2 Å². The summed E-state index contributed by atoms with van der Waals surface area (Å²) in [5.41, 5.74) is 2.07. The molecule has 7 nitrogen and oxygen atoms in total. The average Bonchev–Trinajstić information content (AvgIpc) is 3.11. The molecule has 0 saturated carbocycles. The fraction of sp³-hybridized carbons (Fsp3) is 0.280. The molecular weight excluding hydrogens is 404 g/mol. The van der Waals surface area contributed by atoms with E-state index in [1.807, 2.05) is 55.5 Å². The average molecular weight is 428 g/mol. The van der Waals surface area contributed by atoms with Crippen LogP contribution in [0.1, 0.15) is 43.0 Å². The van der Waals surface area contributed by atoms with Gasteiger partial charge in [-0.05, 0) is 56.2 Å². The molecule has 3 aromatic rings. The molecule has 1 fully saturated rings. The van der Waals surface area contributed by atoms with Gasteiger partial charge >= 0.3 is 0 Å². The van der Waals surface area contributed by atoms with E-state index in [9.17, 15) is 14.4 Å². The van der Waals surface area contributed by atoms with E-state index in [0.717, 1.165) is 16.6 Å². The quantitative estimate of drug-likeness (QED) is 0.667. The third-order valence-electron chi connectivity index (χ3n) is 6.45. The van der Waals surface area contributed by atoms with Crippen LogP contribution in [-0.4, -0.2) is 39.8 Å². The maximum atomic E-state index is 13.3. The van der Waals surface area contributed by atoms with Crippen LogP contribution in [0.25, 0.3) is 10.9 Å². The fourth-order valence-corrected chi connectivity index (χ4v) is 4.86. The van der Waals surface area contributed by atoms with Gasteiger partial charge in [-0.2, -0.15) is 0 Å². The van der Waals surface area contributed by atoms with Crippen molar-refractivity contribution >= 4 is 40.0 Å². The van der Waals surface area contributed by atoms with Gasteiger partial charge in [0.1, 0.15) is 5.66 Å². The number of anilines is 2. The number of benzene rings is 2. The summed E-state index contributed by atoms with van der Waals surface area (Å²) < 4.78 is 0. The van der Waals surface area contributed by atoms with Crippen LogP contribution in [0, 0.1) is 0 Å². The van der Waals surface area contributed by atoms with E-state index >= 15 is 0 Å². The van der Waals surface area contributed by atoms with E-state index in [1.54, 1.807) is 22.1 Å². The van der Waals surface area contributed by atoms with E-state index in [1.165, 1.54) is 0 Å². The van der Waals surface area contributed by atoms with E-state index in [0.29, 0.717) is 37.1 Å². The summed E-state index contributed by atoms with van der Waals surface area (Å²) in [4.78, 5) is 46.4. The topological polar surface area (TPSA) is 82.6 Å². The Morgan fingerprint density at radius 3 is 2.81 bits per heavy atom. The normalized spacial score (nSPS) is 19.8. The van der Waals surface area contributed by atoms with E-state index < -0.39 is 5.66 Å². The minimum atomic E-state index is -0.694. The van der Waals surface area contributed by atoms with Crippen molar-refractivity contribution in [1.29, 1.82) is 0 Å². The molecule has 1 atom stereocenters. The van der Waals surface area contributed by atoms with Crippen molar-refractivity contribution in [2.75, 3.05) is 16.8 Å². The molecule has 32 heavy (non-hydrogen) atoms. The first kappa shape index (κ1) is 20.2. The summed E-state index contributed by atoms with van der Waals surface area (Å²) in [6.45, 7) is 2.34. The number of carbonyl (C=O) groups excluding carboxylic acids is 3. The summed E-state index contributed by atoms with van der Waals surface area (Å²) >= 11 is 0. The molecule has 3 amide bonds. The first-order valence-electron chi connectivity index (χ1n) is 10.9. The Bertz CT molecular complexity index is 1240. The maximum absolute atomic E-state index is 13.3. The monoisotopic (exact) mass is 428 g/mol. The molecule has 0 spiro atoms. The second-order valence-corrected chi connectivity index (χ2v) is 8.45. The lowest BCUT2D eigenvalue weighted by Gasteiger charge is -2.48. The second-order valence-electron chi connectivity index (χ2n) is 8.45. The zero-order valence-electron chi connectivity index (χ0n) is 17.9. The Morgan fingerprint density at radius 1 is 1.09 bits per heavy atom. The van der Waals surface area contributed by atoms with Crippen molar-refractivity contribution in [3.63, 3.8) is 0 Å². The second kappa shape index (κ2) is 7.75. The minimum Gasteiger partial charge on any atom is -0.325 e. The van der Waals surface area contributed by atoms with Gasteiger partial charge in [-0.25, -0.2) is 0 Å². The van der Waals surface area contributed by atoms with Gasteiger partial charge in [-0.3, -0.25) is 24.3 Å². The first-order chi connectivity index (χ1) is 15.5. The van der Waals surface area contributed by atoms with E-state index in [4.69, 9.17) is 0 Å². The van der Waals surface area contributed by atoms with Crippen LogP contribution in [0.3, 0.4) is 0 Å². The number of amides is 3. The lowest BCUT2D eigenvalue weighted by molar-refractivity contribution is -0.118. The lowest BCUT2D eigenvalue weighted by atomic mass is 9.98. The molecule has 0 aliphatic carbocycles. The van der Waals surface area contributed by atoms with Gasteiger partial charge in [0, 0.05) is 31.0 Å². The van der Waals surface area contributed by atoms with Crippen molar-refractivity contribution in [2.45, 2.75) is 38.3 Å². The number of carbonyl (C=O) groups is 3. The molecule has 1 aromatic heterocycles. The SMILES string of the molecule is C[C@]12CCC(=O)N1c1ccccc1C(=O)N2CCCC(=O)Nc1cccc2ncccc12. The number of aromatic nitrogens is 1. The maximum Gasteiger partial charge on any atom is 0.257 e. The Kier molecular flexibility index (Phi) is 4.89. The van der Waals surface area contributed by atoms with Crippen molar-refractivity contribution < 1.29 is 14.4 Å². The van der Waals surface area contributed by atoms with Gasteiger partial charge in [-0.1, -0.05) is 18.2 Å². The molecule has 2 aliphatic rings. The number of hydrogen-bond acceptors (Lipinski definition) is 4. The molecule has 2 aromatic carbocycles. The zero-order valence-corrected chi connectivity index (χ0v) is 17.9. The van der Waals surface area contributed by atoms with Crippen LogP contribution in [0.4, 0.5) is 11.4 Å². The van der Waals surface area contributed by atoms with Crippen LogP contribution in [0.15, 0.2) is 60.8 Å². The standard InChI is InChI=1S/C25H24N4O3/c1-25-14-13-23(31)29(25)21-11-3-2-7-18(21)24(32)28(25)16-6-12-22(30)27-20-10-4-9-19-17(20)8-5-15-26-19/h2-5,7-11,15H,6,12-14,16H2,1H3,(H,27,30)/t25-/m1/s1. The number of nitrogens with zero attached hydrogens (tertiary/aromatic N) is 3. The largest absolute Gasteiger partial charge is 0.325 e. The Labute approximate surface area is 186 Å². The van der Waals surface area contributed by atoms with Gasteiger partial charge in [0.2, 0.25) is 11.8 Å². The van der Waals surface area contributed by atoms with Crippen molar-refractivity contribution in [3.05, 3.63) is 66.4 Å². The third-order valence-corrected chi connectivity index (χ3v) is 6.45. The van der Waals surface area contributed by atoms with Crippen molar-refractivity contribution in [1.82, 2.24) is 9.88 Å². The number of hydrogen-bond donors (Lipinski definition) is 1. The fourth-order valence-electron chi connectivity index (χ4n) is 4.86. The molecule has 0 radical (unpaired) electrons. The summed E-state index contributed by atoms with van der Waals surface area (Å²) in [6.07, 6.45) is 3.48. The molecule has 1 N–H and O–H groups in total. The minimum absolute atomic E-state index is 0.0276. The molecular formula is C25H24N4O3. The zero-order chi connectivity index (χ0) is 22.3. The summed E-state index contributed by atoms with van der Waals surface area (Å²) in [5, 5.41) is 3.85. The smallest absolute Gasteiger partial charge is 0.257 e. The summed E-state index contributed by atoms with van der Waals surface area (Å²) in [5.74, 6) is -0.176. The molecule has 3 heterocycles. The summed E-state index contributed by atoms with van der Waals surface area (Å²) in [7, 11) is 0. The van der Waals surface area contributed by atoms with Gasteiger partial charge < -0.3 is 10.2 Å². The molecule has 0 bridgehead atoms. The van der Waals surface area contributed by atoms with Gasteiger partial charge in [0.15, 0.2) is 0 Å². The highest BCUT2D eigenvalue weighted by Crippen LogP contribution is 2.44. The van der Waals surface area contributed by atoms with Crippen LogP contribution in [0.5, 0.6) is 0 Å². The lowest BCUT2D eigenvalue weighted by Crippen LogP contribution is -2.62. The predicted molar refractivity (Wildman–Crippen MR) is 122 cm³/mol. The highest BCUT2D eigenvalue weighted by molar-refractivity contribution is 6.10. The number of para-hydroxylation sites is 1. The van der Waals surface area contributed by atoms with Crippen molar-refractivity contribution in [3.8, 4) is 0 Å². The van der Waals surface area contributed by atoms with Crippen LogP contribution in [-0.2, 0) is 9.59 Å². The predicted octanol–water partition coefficient (Wildman–Crippen LogP) is 3.95. The summed E-state index contributed by atoms with van der Waals surface area (Å²) in [6, 6.07) is 16.6. The number of fused-ring (bicyclic) bond motifs is 4. The third kappa shape index (κ3) is 3.21. The molecule has 7 heteroatoms. The van der Waals surface area contributed by atoms with Crippen molar-refractivity contribution in [2.24, 2.45) is 0 Å². The molecule has 0 unspecified atom stereocenters. The van der Waals surface area contributed by atoms with Crippen LogP contribution >= 0.6 is 0 Å². The van der Waals surface area contributed by atoms with E-state index in [-0.39, 0.29) is 24.1 Å². The first-order valence-corrected chi connectivity index (χ1v) is 10.9. The van der Waals surface area contributed by atoms with Gasteiger partial charge in [-0.15, -0.1) is 0 Å². The molecule has 5 rings (SSSR count). The Balaban J connectivity index is 1.30. The molecule has 2 aliphatic heterocycles. The van der Waals surface area contributed by atoms with Crippen LogP contribution in [0.2, 0.25) is 0 Å². The number of pyridine rings is 1. The Hall–Kier alpha value is -3.74. The number of nitrogens with one attached hydrogen (secondary N) is 1. The number of rotatable bonds is 5. The van der Waals surface area contributed by atoms with E-state index in [2.05, 4.69) is 10.3 Å². The molecule has 162 valence electrons. The Morgan fingerprint density at radius 2 is 1.94 bits per heavy atom. The highest BCUT2D eigenvalue weighted by Gasteiger charge is 2.52. The molecule has 1 saturated heterocycles. The van der Waals surface area contributed by atoms with Gasteiger partial charge in [0.25, 0.3) is 5.91 Å². The van der Waals surface area contributed by atoms with Gasteiger partial charge in [0.05, 0.1) is 22.5 Å². The highest BCUT2D eigenvalue weighted by atomic mass is 16.2.